The molecule has 22 heavy (non-hydrogen) atoms. The SMILES string of the molecule is CCCCC/C=C\C/C=C\CCCSC(CC)(CC)C(=O)O. The van der Waals surface area contributed by atoms with E-state index in [0.717, 1.165) is 25.0 Å². The number of aliphatic carboxylic acids is 1. The van der Waals surface area contributed by atoms with Crippen molar-refractivity contribution in [2.45, 2.75) is 83.3 Å². The maximum Gasteiger partial charge on any atom is 0.319 e. The summed E-state index contributed by atoms with van der Waals surface area (Å²) in [5, 5.41) is 9.36. The molecule has 0 rings (SSSR count). The smallest absolute Gasteiger partial charge is 0.319 e. The largest absolute Gasteiger partial charge is 0.480 e. The van der Waals surface area contributed by atoms with Gasteiger partial charge in [-0.15, -0.1) is 11.8 Å². The highest BCUT2D eigenvalue weighted by Crippen LogP contribution is 2.33. The molecule has 0 bridgehead atoms. The molecule has 0 radical (unpaired) electrons. The van der Waals surface area contributed by atoms with E-state index in [-0.39, 0.29) is 0 Å². The van der Waals surface area contributed by atoms with Gasteiger partial charge in [0.25, 0.3) is 0 Å². The van der Waals surface area contributed by atoms with Crippen molar-refractivity contribution in [2.24, 2.45) is 0 Å². The van der Waals surface area contributed by atoms with Crippen molar-refractivity contribution in [3.63, 3.8) is 0 Å². The summed E-state index contributed by atoms with van der Waals surface area (Å²) >= 11 is 1.61. The Hall–Kier alpha value is -0.700. The van der Waals surface area contributed by atoms with Gasteiger partial charge in [0.2, 0.25) is 0 Å². The molecule has 0 fully saturated rings. The van der Waals surface area contributed by atoms with E-state index in [0.29, 0.717) is 12.8 Å². The maximum absolute atomic E-state index is 11.4. The third-order valence-electron chi connectivity index (χ3n) is 4.01. The normalized spacial score (nSPS) is 12.5. The molecular weight excluding hydrogens is 292 g/mol. The molecule has 3 heteroatoms. The van der Waals surface area contributed by atoms with Gasteiger partial charge in [0.05, 0.1) is 0 Å². The predicted octanol–water partition coefficient (Wildman–Crippen LogP) is 6.23. The number of hydrogen-bond acceptors (Lipinski definition) is 2. The highest BCUT2D eigenvalue weighted by molar-refractivity contribution is 8.01. The quantitative estimate of drug-likeness (QED) is 0.304. The van der Waals surface area contributed by atoms with E-state index in [4.69, 9.17) is 0 Å². The van der Waals surface area contributed by atoms with Crippen LogP contribution in [0.1, 0.15) is 78.6 Å². The first-order chi connectivity index (χ1) is 10.6. The highest BCUT2D eigenvalue weighted by atomic mass is 32.2. The van der Waals surface area contributed by atoms with Crippen molar-refractivity contribution in [1.82, 2.24) is 0 Å². The zero-order valence-electron chi connectivity index (χ0n) is 14.6. The highest BCUT2D eigenvalue weighted by Gasteiger charge is 2.34. The zero-order chi connectivity index (χ0) is 16.7. The van der Waals surface area contributed by atoms with Crippen LogP contribution in [0.4, 0.5) is 0 Å². The molecule has 0 spiro atoms. The number of hydrogen-bond donors (Lipinski definition) is 1. The first-order valence-electron chi connectivity index (χ1n) is 8.80. The van der Waals surface area contributed by atoms with E-state index in [9.17, 15) is 9.90 Å². The van der Waals surface area contributed by atoms with Gasteiger partial charge in [0, 0.05) is 0 Å². The maximum atomic E-state index is 11.4. The summed E-state index contributed by atoms with van der Waals surface area (Å²) in [6, 6.07) is 0. The summed E-state index contributed by atoms with van der Waals surface area (Å²) in [6.07, 6.45) is 18.6. The third-order valence-corrected chi connectivity index (χ3v) is 5.80. The van der Waals surface area contributed by atoms with Gasteiger partial charge in [-0.05, 0) is 50.7 Å². The minimum atomic E-state index is -0.661. The van der Waals surface area contributed by atoms with Crippen LogP contribution in [-0.4, -0.2) is 21.6 Å². The van der Waals surface area contributed by atoms with Crippen molar-refractivity contribution in [2.75, 3.05) is 5.75 Å². The molecule has 2 nitrogen and oxygen atoms in total. The summed E-state index contributed by atoms with van der Waals surface area (Å²) in [5.74, 6) is 0.261. The molecule has 0 amide bonds. The fourth-order valence-corrected chi connectivity index (χ4v) is 3.54. The second-order valence-corrected chi connectivity index (χ2v) is 7.15. The average molecular weight is 327 g/mol. The predicted molar refractivity (Wildman–Crippen MR) is 99.7 cm³/mol. The number of carboxylic acid groups (broad SMARTS) is 1. The lowest BCUT2D eigenvalue weighted by Gasteiger charge is -2.25. The number of carboxylic acids is 1. The van der Waals surface area contributed by atoms with Gasteiger partial charge >= 0.3 is 5.97 Å². The Bertz CT molecular complexity index is 330. The monoisotopic (exact) mass is 326 g/mol. The molecule has 0 saturated heterocycles. The van der Waals surface area contributed by atoms with Gasteiger partial charge in [0.15, 0.2) is 0 Å². The number of rotatable bonds is 14. The number of unbranched alkanes of at least 4 members (excludes halogenated alkanes) is 4. The lowest BCUT2D eigenvalue weighted by atomic mass is 10.0. The molecule has 0 unspecified atom stereocenters. The lowest BCUT2D eigenvalue weighted by Crippen LogP contribution is -2.33. The summed E-state index contributed by atoms with van der Waals surface area (Å²) < 4.78 is -0.578. The fraction of sp³-hybridized carbons (Fsp3) is 0.737. The molecule has 0 aromatic rings. The van der Waals surface area contributed by atoms with Crippen molar-refractivity contribution < 1.29 is 9.90 Å². The molecule has 0 atom stereocenters. The van der Waals surface area contributed by atoms with Crippen molar-refractivity contribution in [3.8, 4) is 0 Å². The van der Waals surface area contributed by atoms with Gasteiger partial charge in [0.1, 0.15) is 4.75 Å². The van der Waals surface area contributed by atoms with Crippen LogP contribution < -0.4 is 0 Å². The number of carbonyl (C=O) groups is 1. The molecule has 0 aromatic carbocycles. The van der Waals surface area contributed by atoms with E-state index in [1.807, 2.05) is 13.8 Å². The van der Waals surface area contributed by atoms with Crippen LogP contribution >= 0.6 is 11.8 Å². The second-order valence-electron chi connectivity index (χ2n) is 5.67. The number of thioether (sulfide) groups is 1. The topological polar surface area (TPSA) is 37.3 Å². The summed E-state index contributed by atoms with van der Waals surface area (Å²) in [5.41, 5.74) is 0. The molecule has 128 valence electrons. The van der Waals surface area contributed by atoms with Crippen LogP contribution in [0.15, 0.2) is 24.3 Å². The van der Waals surface area contributed by atoms with Crippen LogP contribution in [0.2, 0.25) is 0 Å². The third kappa shape index (κ3) is 9.34. The zero-order valence-corrected chi connectivity index (χ0v) is 15.5. The van der Waals surface area contributed by atoms with Gasteiger partial charge < -0.3 is 5.11 Å². The molecular formula is C19H34O2S. The van der Waals surface area contributed by atoms with E-state index >= 15 is 0 Å². The Morgan fingerprint density at radius 2 is 1.55 bits per heavy atom. The first-order valence-corrected chi connectivity index (χ1v) is 9.78. The Balaban J connectivity index is 3.71. The van der Waals surface area contributed by atoms with Crippen LogP contribution in [0, 0.1) is 0 Å². The molecule has 0 aromatic heterocycles. The Morgan fingerprint density at radius 1 is 0.955 bits per heavy atom. The van der Waals surface area contributed by atoms with Gasteiger partial charge in [-0.1, -0.05) is 57.9 Å². The summed E-state index contributed by atoms with van der Waals surface area (Å²) in [7, 11) is 0. The minimum absolute atomic E-state index is 0.578. The van der Waals surface area contributed by atoms with Crippen LogP contribution in [0.25, 0.3) is 0 Å². The van der Waals surface area contributed by atoms with Gasteiger partial charge in [-0.2, -0.15) is 0 Å². The average Bonchev–Trinajstić information content (AvgIpc) is 2.52. The standard InChI is InChI=1S/C19H34O2S/c1-4-7-8-9-10-11-12-13-14-15-16-17-22-19(5-2,6-3)18(20)21/h10-11,13-14H,4-9,12,15-17H2,1-3H3,(H,20,21)/b11-10-,14-13-. The number of allylic oxidation sites excluding steroid dienone is 4. The molecule has 0 aliphatic heterocycles. The van der Waals surface area contributed by atoms with Crippen LogP contribution in [0.5, 0.6) is 0 Å². The molecule has 0 saturated carbocycles. The Kier molecular flexibility index (Phi) is 13.5. The van der Waals surface area contributed by atoms with Crippen molar-refractivity contribution in [3.05, 3.63) is 24.3 Å². The molecule has 0 heterocycles. The fourth-order valence-electron chi connectivity index (χ4n) is 2.31. The molecule has 0 aliphatic carbocycles. The van der Waals surface area contributed by atoms with E-state index in [1.54, 1.807) is 11.8 Å². The van der Waals surface area contributed by atoms with Gasteiger partial charge in [-0.3, -0.25) is 4.79 Å². The second kappa shape index (κ2) is 13.9. The minimum Gasteiger partial charge on any atom is -0.480 e. The first kappa shape index (κ1) is 21.3. The summed E-state index contributed by atoms with van der Waals surface area (Å²) in [4.78, 5) is 11.4. The van der Waals surface area contributed by atoms with Crippen molar-refractivity contribution >= 4 is 17.7 Å². The Labute approximate surface area is 141 Å². The van der Waals surface area contributed by atoms with Gasteiger partial charge in [-0.25, -0.2) is 0 Å². The van der Waals surface area contributed by atoms with E-state index < -0.39 is 10.7 Å². The molecule has 0 aliphatic rings. The Morgan fingerprint density at radius 3 is 2.05 bits per heavy atom. The molecule has 1 N–H and O–H groups in total. The van der Waals surface area contributed by atoms with E-state index in [2.05, 4.69) is 31.2 Å². The van der Waals surface area contributed by atoms with Crippen LogP contribution in [0.3, 0.4) is 0 Å². The van der Waals surface area contributed by atoms with Crippen LogP contribution in [-0.2, 0) is 4.79 Å². The van der Waals surface area contributed by atoms with E-state index in [1.165, 1.54) is 25.7 Å². The summed E-state index contributed by atoms with van der Waals surface area (Å²) in [6.45, 7) is 6.17. The lowest BCUT2D eigenvalue weighted by molar-refractivity contribution is -0.140. The van der Waals surface area contributed by atoms with Crippen molar-refractivity contribution in [1.29, 1.82) is 0 Å².